The molecule has 0 bridgehead atoms. The van der Waals surface area contributed by atoms with Crippen molar-refractivity contribution in [1.82, 2.24) is 0 Å². The van der Waals surface area contributed by atoms with E-state index < -0.39 is 0 Å². The fourth-order valence-electron chi connectivity index (χ4n) is 2.26. The van der Waals surface area contributed by atoms with E-state index in [9.17, 15) is 0 Å². The number of rotatable bonds is 2. The lowest BCUT2D eigenvalue weighted by molar-refractivity contribution is 0.502. The summed E-state index contributed by atoms with van der Waals surface area (Å²) in [5.41, 5.74) is 0. The van der Waals surface area contributed by atoms with Crippen molar-refractivity contribution in [3.8, 4) is 24.0 Å². The maximum atomic E-state index is 8.71. The van der Waals surface area contributed by atoms with E-state index in [0.717, 1.165) is 21.5 Å². The lowest BCUT2D eigenvalue weighted by Crippen LogP contribution is -1.89. The highest BCUT2D eigenvalue weighted by molar-refractivity contribution is 6.03. The van der Waals surface area contributed by atoms with Gasteiger partial charge >= 0.3 is 0 Å². The smallest absolute Gasteiger partial charge is 0.292 e. The maximum absolute atomic E-state index is 8.71. The summed E-state index contributed by atoms with van der Waals surface area (Å²) in [6.07, 6.45) is 3.34. The number of benzene rings is 3. The van der Waals surface area contributed by atoms with Gasteiger partial charge in [-0.3, -0.25) is 0 Å². The first-order valence-electron chi connectivity index (χ1n) is 5.91. The molecule has 0 atom stereocenters. The van der Waals surface area contributed by atoms with Crippen LogP contribution in [0.25, 0.3) is 21.5 Å². The van der Waals surface area contributed by atoms with Crippen molar-refractivity contribution in [3.05, 3.63) is 48.5 Å². The second-order valence-electron chi connectivity index (χ2n) is 4.19. The van der Waals surface area contributed by atoms with Gasteiger partial charge in [-0.1, -0.05) is 24.3 Å². The van der Waals surface area contributed by atoms with Gasteiger partial charge < -0.3 is 9.47 Å². The summed E-state index contributed by atoms with van der Waals surface area (Å²) < 4.78 is 9.94. The minimum absolute atomic E-state index is 0.443. The van der Waals surface area contributed by atoms with Gasteiger partial charge in [-0.05, 0) is 35.0 Å². The molecule has 4 heteroatoms. The van der Waals surface area contributed by atoms with Crippen LogP contribution < -0.4 is 9.47 Å². The fraction of sp³-hybridized carbons (Fsp3) is 0. The molecular weight excluding hydrogens is 252 g/mol. The Kier molecular flexibility index (Phi) is 2.84. The van der Waals surface area contributed by atoms with Crippen molar-refractivity contribution in [2.24, 2.45) is 0 Å². The van der Waals surface area contributed by atoms with E-state index in [-0.39, 0.29) is 0 Å². The lowest BCUT2D eigenvalue weighted by Gasteiger charge is -2.08. The Morgan fingerprint density at radius 2 is 1.15 bits per heavy atom. The van der Waals surface area contributed by atoms with Crippen LogP contribution in [0.2, 0.25) is 0 Å². The minimum Gasteiger partial charge on any atom is -0.387 e. The molecular formula is C16H8N2O2. The minimum atomic E-state index is 0.443. The zero-order valence-corrected chi connectivity index (χ0v) is 10.3. The Morgan fingerprint density at radius 3 is 1.55 bits per heavy atom. The number of ether oxygens (including phenoxy) is 2. The molecule has 3 rings (SSSR count). The number of nitrogens with zero attached hydrogens (tertiary/aromatic N) is 2. The number of hydrogen-bond acceptors (Lipinski definition) is 4. The molecule has 0 radical (unpaired) electrons. The van der Waals surface area contributed by atoms with E-state index in [0.29, 0.717) is 11.5 Å². The zero-order valence-electron chi connectivity index (χ0n) is 10.3. The monoisotopic (exact) mass is 260 g/mol. The van der Waals surface area contributed by atoms with E-state index in [1.54, 1.807) is 24.6 Å². The number of nitriles is 2. The van der Waals surface area contributed by atoms with E-state index in [2.05, 4.69) is 0 Å². The van der Waals surface area contributed by atoms with E-state index in [1.807, 2.05) is 36.4 Å². The molecule has 0 saturated carbocycles. The fourth-order valence-corrected chi connectivity index (χ4v) is 2.26. The first-order chi connectivity index (χ1) is 9.83. The topological polar surface area (TPSA) is 66.0 Å². The van der Waals surface area contributed by atoms with Crippen LogP contribution in [0.5, 0.6) is 11.5 Å². The van der Waals surface area contributed by atoms with E-state index in [1.165, 1.54) is 0 Å². The van der Waals surface area contributed by atoms with Gasteiger partial charge in [-0.2, -0.15) is 0 Å². The normalized spacial score (nSPS) is 9.90. The second kappa shape index (κ2) is 4.79. The summed E-state index contributed by atoms with van der Waals surface area (Å²) in [6, 6.07) is 14.9. The third-order valence-corrected chi connectivity index (χ3v) is 3.11. The molecule has 94 valence electrons. The van der Waals surface area contributed by atoms with Gasteiger partial charge in [0, 0.05) is 10.8 Å². The third-order valence-electron chi connectivity index (χ3n) is 3.11. The largest absolute Gasteiger partial charge is 0.387 e. The first-order valence-corrected chi connectivity index (χ1v) is 5.91. The highest BCUT2D eigenvalue weighted by atomic mass is 16.5. The quantitative estimate of drug-likeness (QED) is 0.520. The summed E-state index contributed by atoms with van der Waals surface area (Å²) in [7, 11) is 0. The molecule has 0 N–H and O–H groups in total. The molecule has 0 spiro atoms. The third kappa shape index (κ3) is 1.86. The van der Waals surface area contributed by atoms with Gasteiger partial charge in [0.15, 0.2) is 0 Å². The van der Waals surface area contributed by atoms with Gasteiger partial charge in [0.1, 0.15) is 11.5 Å². The maximum Gasteiger partial charge on any atom is 0.292 e. The summed E-state index contributed by atoms with van der Waals surface area (Å²) in [5.74, 6) is 0.886. The van der Waals surface area contributed by atoms with Gasteiger partial charge in [-0.25, -0.2) is 0 Å². The van der Waals surface area contributed by atoms with Crippen molar-refractivity contribution in [2.75, 3.05) is 0 Å². The Morgan fingerprint density at radius 1 is 0.700 bits per heavy atom. The average molecular weight is 260 g/mol. The molecule has 20 heavy (non-hydrogen) atoms. The number of hydrogen-bond donors (Lipinski definition) is 0. The molecule has 0 saturated heterocycles. The lowest BCUT2D eigenvalue weighted by atomic mass is 10.0. The van der Waals surface area contributed by atoms with Crippen LogP contribution in [0.3, 0.4) is 0 Å². The summed E-state index contributed by atoms with van der Waals surface area (Å²) >= 11 is 0. The summed E-state index contributed by atoms with van der Waals surface area (Å²) in [4.78, 5) is 0. The highest BCUT2D eigenvalue weighted by Crippen LogP contribution is 2.36. The molecule has 0 fully saturated rings. The van der Waals surface area contributed by atoms with Crippen molar-refractivity contribution >= 4 is 21.5 Å². The molecule has 0 unspecified atom stereocenters. The molecule has 3 aromatic carbocycles. The van der Waals surface area contributed by atoms with Crippen molar-refractivity contribution in [1.29, 1.82) is 10.5 Å². The highest BCUT2D eigenvalue weighted by Gasteiger charge is 2.10. The van der Waals surface area contributed by atoms with Crippen molar-refractivity contribution < 1.29 is 9.47 Å². The van der Waals surface area contributed by atoms with Crippen LogP contribution in [0, 0.1) is 23.0 Å². The Balaban J connectivity index is 2.40. The van der Waals surface area contributed by atoms with Crippen LogP contribution >= 0.6 is 0 Å². The molecule has 0 amide bonds. The number of fused-ring (bicyclic) bond motifs is 2. The van der Waals surface area contributed by atoms with Crippen LogP contribution in [-0.2, 0) is 0 Å². The summed E-state index contributed by atoms with van der Waals surface area (Å²) in [6.45, 7) is 0. The van der Waals surface area contributed by atoms with Gasteiger partial charge in [0.05, 0.1) is 0 Å². The van der Waals surface area contributed by atoms with Crippen LogP contribution in [0.1, 0.15) is 0 Å². The van der Waals surface area contributed by atoms with Gasteiger partial charge in [-0.15, -0.1) is 10.5 Å². The van der Waals surface area contributed by atoms with Gasteiger partial charge in [0.2, 0.25) is 0 Å². The predicted molar refractivity (Wildman–Crippen MR) is 73.9 cm³/mol. The van der Waals surface area contributed by atoms with Crippen molar-refractivity contribution in [2.45, 2.75) is 0 Å². The molecule has 0 aliphatic carbocycles. The molecule has 3 aromatic rings. The zero-order chi connectivity index (χ0) is 13.9. The Hall–Kier alpha value is -3.24. The summed E-state index contributed by atoms with van der Waals surface area (Å²) in [5, 5.41) is 20.9. The van der Waals surface area contributed by atoms with E-state index in [4.69, 9.17) is 20.0 Å². The SMILES string of the molecule is N#COc1ccc(OC#N)c2cc3ccccc3cc12. The molecule has 0 aliphatic heterocycles. The predicted octanol–water partition coefficient (Wildman–Crippen LogP) is 3.71. The van der Waals surface area contributed by atoms with Crippen LogP contribution in [-0.4, -0.2) is 0 Å². The molecule has 0 heterocycles. The van der Waals surface area contributed by atoms with Crippen molar-refractivity contribution in [3.63, 3.8) is 0 Å². The molecule has 0 aliphatic rings. The Bertz CT molecular complexity index is 814. The van der Waals surface area contributed by atoms with Gasteiger partial charge in [0.25, 0.3) is 12.5 Å². The van der Waals surface area contributed by atoms with Crippen LogP contribution in [0.15, 0.2) is 48.5 Å². The first kappa shape index (κ1) is 11.8. The Labute approximate surface area is 115 Å². The standard InChI is InChI=1S/C16H8N2O2/c17-9-19-15-5-6-16(20-10-18)14-8-12-4-2-1-3-11(12)7-13(14)15/h1-8H. The van der Waals surface area contributed by atoms with E-state index >= 15 is 0 Å². The average Bonchev–Trinajstić information content (AvgIpc) is 2.48. The van der Waals surface area contributed by atoms with Crippen LogP contribution in [0.4, 0.5) is 0 Å². The molecule has 0 aromatic heterocycles. The second-order valence-corrected chi connectivity index (χ2v) is 4.19. The molecule has 4 nitrogen and oxygen atoms in total.